The van der Waals surface area contributed by atoms with Gasteiger partial charge in [0.05, 0.1) is 62.6 Å². The zero-order valence-corrected chi connectivity index (χ0v) is 53.1. The van der Waals surface area contributed by atoms with Crippen molar-refractivity contribution in [1.29, 1.82) is 0 Å². The van der Waals surface area contributed by atoms with Gasteiger partial charge in [-0.25, -0.2) is 4.79 Å². The van der Waals surface area contributed by atoms with Crippen molar-refractivity contribution in [2.24, 2.45) is 59.0 Å². The Kier molecular flexibility index (Phi) is 28.2. The molecule has 4 aliphatic rings. The lowest BCUT2D eigenvalue weighted by atomic mass is 9.83. The molecule has 22 heteroatoms. The summed E-state index contributed by atoms with van der Waals surface area (Å²) < 4.78 is 17.7. The van der Waals surface area contributed by atoms with E-state index in [1.54, 1.807) is 83.0 Å². The lowest BCUT2D eigenvalue weighted by Crippen LogP contribution is -2.54. The minimum atomic E-state index is -0.915. The SMILES string of the molecule is CC[C@H](C)[C@@H]([C@@H](CC(=O)N1CCC[C@H]1[C@H](OC)[C@@H](C)C(=O)C[C@H](CO)Cc1ccc(NC(=O)[C@H](CCCNC(N)=O)CC(=O)C(NC(=O)CCOCCN2C(=O)CC(C)C2=O)C(C)C)cc1)OC)N(C)C(=O)[C@@H](CC(=O)[C@H]1N[C@H]2CC[C@H]1C2)C(C)C. The Labute approximate surface area is 509 Å². The van der Waals surface area contributed by atoms with E-state index in [0.29, 0.717) is 49.9 Å². The smallest absolute Gasteiger partial charge is 0.312 e. The number of primary amides is 1. The number of nitrogens with two attached hydrogens (primary N) is 1. The minimum Gasteiger partial charge on any atom is -0.396 e. The molecule has 2 unspecified atom stereocenters. The number of rotatable bonds is 38. The van der Waals surface area contributed by atoms with Gasteiger partial charge in [-0.05, 0) is 98.7 Å². The van der Waals surface area contributed by atoms with Gasteiger partial charge in [0, 0.05) is 108 Å². The number of likely N-dealkylation sites (N-methyl/N-ethyl adjacent to an activating group) is 1. The fraction of sp³-hybridized carbons (Fsp3) is 0.750. The van der Waals surface area contributed by atoms with Crippen molar-refractivity contribution in [2.45, 2.75) is 194 Å². The number of urea groups is 1. The van der Waals surface area contributed by atoms with Crippen molar-refractivity contribution < 1.29 is 67.3 Å². The standard InChI is InChI=1S/C64H102N8O14/c1-12-39(6)59(70(9)63(82)48(37(2)3)34-52(76)58-44-19-22-47(32-44)67-58)53(84-10)35-56(79)71-25-14-16-49(71)60(85-11)41(8)50(74)31-43(36-73)30-42-17-20-46(21-18-42)68-61(80)45(15-13-24-66-64(65)83)33-51(75)57(38(4)5)69-54(77)23-27-86-28-26-72-55(78)29-40(7)62(72)81/h17-18,20-21,37-41,43-45,47-49,53,57-60,67,73H,12-16,19,22-36H2,1-11H3,(H,68,80)(H,69,77)(H3,65,66,83)/t39-,40?,41-,43+,44-,45+,47-,48-,49-,53+,57?,58-,59-,60+/m0/s1. The first kappa shape index (κ1) is 71.1. The fourth-order valence-corrected chi connectivity index (χ4v) is 13.4. The molecule has 482 valence electrons. The quantitative estimate of drug-likeness (QED) is 0.0375. The molecule has 0 aromatic heterocycles. The Balaban J connectivity index is 1.15. The summed E-state index contributed by atoms with van der Waals surface area (Å²) >= 11 is 0. The Bertz CT molecular complexity index is 2480. The van der Waals surface area contributed by atoms with Crippen LogP contribution in [0.25, 0.3) is 0 Å². The molecule has 1 aliphatic carbocycles. The Hall–Kier alpha value is -5.68. The molecule has 1 aromatic rings. The molecule has 1 saturated carbocycles. The lowest BCUT2D eigenvalue weighted by Gasteiger charge is -2.41. The number of carbonyl (C=O) groups is 10. The van der Waals surface area contributed by atoms with Crippen LogP contribution in [-0.4, -0.2) is 182 Å². The van der Waals surface area contributed by atoms with E-state index in [-0.39, 0.29) is 149 Å². The number of ketones is 3. The average molecular weight is 1210 g/mol. The minimum absolute atomic E-state index is 0.000836. The second kappa shape index (κ2) is 34.2. The average Bonchev–Trinajstić information content (AvgIpc) is 3.40. The summed E-state index contributed by atoms with van der Waals surface area (Å²) in [6.45, 7) is 15.6. The number of hydrogen-bond acceptors (Lipinski definition) is 15. The van der Waals surface area contributed by atoms with Crippen LogP contribution in [0.2, 0.25) is 0 Å². The molecule has 8 amide bonds. The van der Waals surface area contributed by atoms with Crippen molar-refractivity contribution >= 4 is 64.5 Å². The first-order valence-corrected chi connectivity index (χ1v) is 31.5. The van der Waals surface area contributed by atoms with E-state index in [9.17, 15) is 53.1 Å². The monoisotopic (exact) mass is 1210 g/mol. The van der Waals surface area contributed by atoms with Crippen LogP contribution in [0.1, 0.15) is 151 Å². The number of anilines is 1. The predicted octanol–water partition coefficient (Wildman–Crippen LogP) is 4.99. The summed E-state index contributed by atoms with van der Waals surface area (Å²) in [6, 6.07) is 4.65. The number of aliphatic hydroxyl groups is 1. The third-order valence-electron chi connectivity index (χ3n) is 18.7. The van der Waals surface area contributed by atoms with E-state index in [0.717, 1.165) is 36.1 Å². The molecule has 3 aliphatic heterocycles. The maximum absolute atomic E-state index is 14.5. The van der Waals surface area contributed by atoms with E-state index in [4.69, 9.17) is 19.9 Å². The van der Waals surface area contributed by atoms with Gasteiger partial charge in [-0.15, -0.1) is 0 Å². The number of aliphatic hydroxyl groups excluding tert-OH is 1. The highest BCUT2D eigenvalue weighted by Gasteiger charge is 2.46. The number of piperidine rings is 1. The van der Waals surface area contributed by atoms with Crippen LogP contribution in [0.3, 0.4) is 0 Å². The molecular formula is C64H102N8O14. The van der Waals surface area contributed by atoms with Crippen molar-refractivity contribution in [1.82, 2.24) is 30.7 Å². The van der Waals surface area contributed by atoms with Gasteiger partial charge < -0.3 is 56.1 Å². The second-order valence-corrected chi connectivity index (χ2v) is 25.6. The number of methoxy groups -OCH3 is 2. The van der Waals surface area contributed by atoms with Gasteiger partial charge in [-0.3, -0.25) is 48.1 Å². The van der Waals surface area contributed by atoms with E-state index >= 15 is 0 Å². The van der Waals surface area contributed by atoms with Crippen LogP contribution in [0.15, 0.2) is 24.3 Å². The number of imide groups is 1. The molecule has 22 nitrogen and oxygen atoms in total. The van der Waals surface area contributed by atoms with E-state index in [1.165, 1.54) is 0 Å². The van der Waals surface area contributed by atoms with Crippen LogP contribution in [0.5, 0.6) is 0 Å². The summed E-state index contributed by atoms with van der Waals surface area (Å²) in [5.41, 5.74) is 6.50. The van der Waals surface area contributed by atoms with Gasteiger partial charge in [0.2, 0.25) is 35.4 Å². The van der Waals surface area contributed by atoms with Crippen LogP contribution in [0, 0.1) is 53.3 Å². The highest BCUT2D eigenvalue weighted by Crippen LogP contribution is 2.38. The predicted molar refractivity (Wildman–Crippen MR) is 324 cm³/mol. The maximum atomic E-state index is 14.5. The molecule has 0 radical (unpaired) electrons. The summed E-state index contributed by atoms with van der Waals surface area (Å²) in [6.07, 6.45) is 4.86. The number of carbonyl (C=O) groups excluding carboxylic acids is 10. The molecule has 14 atom stereocenters. The lowest BCUT2D eigenvalue weighted by molar-refractivity contribution is -0.149. The number of benzene rings is 1. The normalized spacial score (nSPS) is 22.5. The van der Waals surface area contributed by atoms with Crippen molar-refractivity contribution in [2.75, 3.05) is 66.0 Å². The van der Waals surface area contributed by atoms with Gasteiger partial charge in [-0.2, -0.15) is 0 Å². The van der Waals surface area contributed by atoms with E-state index < -0.39 is 71.9 Å². The molecule has 0 spiro atoms. The van der Waals surface area contributed by atoms with Gasteiger partial charge in [0.25, 0.3) is 0 Å². The first-order chi connectivity index (χ1) is 40.8. The van der Waals surface area contributed by atoms with Crippen molar-refractivity contribution in [3.8, 4) is 0 Å². The molecular weight excluding hydrogens is 1100 g/mol. The highest BCUT2D eigenvalue weighted by atomic mass is 16.5. The Morgan fingerprint density at radius 1 is 0.884 bits per heavy atom. The van der Waals surface area contributed by atoms with Crippen LogP contribution in [-0.2, 0) is 63.8 Å². The number of amides is 8. The first-order valence-electron chi connectivity index (χ1n) is 31.5. The summed E-state index contributed by atoms with van der Waals surface area (Å²) in [5, 5.41) is 22.3. The van der Waals surface area contributed by atoms with Crippen molar-refractivity contribution in [3.05, 3.63) is 29.8 Å². The molecule has 3 heterocycles. The number of fused-ring (bicyclic) bond motifs is 2. The maximum Gasteiger partial charge on any atom is 0.312 e. The number of hydrogen-bond donors (Lipinski definition) is 6. The summed E-state index contributed by atoms with van der Waals surface area (Å²) in [4.78, 5) is 138. The topological polar surface area (TPSA) is 302 Å². The zero-order valence-electron chi connectivity index (χ0n) is 53.1. The molecule has 1 aromatic carbocycles. The van der Waals surface area contributed by atoms with Crippen LogP contribution >= 0.6 is 0 Å². The van der Waals surface area contributed by atoms with Crippen LogP contribution in [0.4, 0.5) is 10.5 Å². The van der Waals surface area contributed by atoms with E-state index in [1.807, 2.05) is 20.8 Å². The van der Waals surface area contributed by atoms with Gasteiger partial charge in [0.15, 0.2) is 11.6 Å². The van der Waals surface area contributed by atoms with Gasteiger partial charge in [0.1, 0.15) is 5.78 Å². The molecule has 4 fully saturated rings. The second-order valence-electron chi connectivity index (χ2n) is 25.6. The van der Waals surface area contributed by atoms with E-state index in [2.05, 4.69) is 28.2 Å². The number of ether oxygens (including phenoxy) is 3. The van der Waals surface area contributed by atoms with Crippen LogP contribution < -0.4 is 27.0 Å². The molecule has 3 saturated heterocycles. The van der Waals surface area contributed by atoms with Gasteiger partial charge in [-0.1, -0.05) is 73.9 Å². The third kappa shape index (κ3) is 19.7. The number of likely N-dealkylation sites (tertiary alicyclic amines) is 2. The molecule has 5 rings (SSSR count). The summed E-state index contributed by atoms with van der Waals surface area (Å²) in [5.74, 6) is -5.02. The summed E-state index contributed by atoms with van der Waals surface area (Å²) in [7, 11) is 4.87. The largest absolute Gasteiger partial charge is 0.396 e. The zero-order chi connectivity index (χ0) is 63.5. The number of nitrogens with one attached hydrogen (secondary N) is 4. The van der Waals surface area contributed by atoms with Crippen molar-refractivity contribution in [3.63, 3.8) is 0 Å². The third-order valence-corrected chi connectivity index (χ3v) is 18.7. The Morgan fingerprint density at radius 3 is 2.16 bits per heavy atom. The number of Topliss-reactive ketones (excluding diaryl/α,β-unsaturated/α-hetero) is 3. The highest BCUT2D eigenvalue weighted by molar-refractivity contribution is 6.03. The molecule has 86 heavy (non-hydrogen) atoms. The number of nitrogens with zero attached hydrogens (tertiary/aromatic N) is 3. The molecule has 7 N–H and O–H groups in total. The van der Waals surface area contributed by atoms with Gasteiger partial charge >= 0.3 is 6.03 Å². The molecule has 2 bridgehead atoms. The Morgan fingerprint density at radius 2 is 1.59 bits per heavy atom. The fourth-order valence-electron chi connectivity index (χ4n) is 13.4.